The van der Waals surface area contributed by atoms with Crippen molar-refractivity contribution in [1.82, 2.24) is 0 Å². The van der Waals surface area contributed by atoms with Crippen LogP contribution in [0.25, 0.3) is 0 Å². The second kappa shape index (κ2) is 11.4. The predicted octanol–water partition coefficient (Wildman–Crippen LogP) is 6.58. The van der Waals surface area contributed by atoms with E-state index < -0.39 is 7.26 Å². The van der Waals surface area contributed by atoms with E-state index in [9.17, 15) is 0 Å². The number of benzene rings is 5. The molecule has 5 aromatic carbocycles. The minimum Gasteiger partial charge on any atom is -0.0622 e. The van der Waals surface area contributed by atoms with Crippen LogP contribution in [0.4, 0.5) is 0 Å². The molecule has 0 spiro atoms. The Kier molecular flexibility index (Phi) is 7.40. The van der Waals surface area contributed by atoms with Crippen molar-refractivity contribution >= 4 is 23.2 Å². The molecule has 0 amide bonds. The standard InChI is InChI=1S/C35H26P/c1-5-15-30(16-6-1)17-13-14-18-31-25-27-32(28-26-31)29-36(33-19-7-2-8-20-33,34-21-9-3-10-22-34)35-23-11-4-12-24-35/h1-12,15-16,19-28H,29H2/q+1. The molecule has 0 fully saturated rings. The van der Waals surface area contributed by atoms with Crippen LogP contribution in [0.2, 0.25) is 0 Å². The van der Waals surface area contributed by atoms with Crippen molar-refractivity contribution in [3.8, 4) is 23.7 Å². The maximum absolute atomic E-state index is 3.19. The summed E-state index contributed by atoms with van der Waals surface area (Å²) < 4.78 is 0. The van der Waals surface area contributed by atoms with Crippen molar-refractivity contribution in [2.24, 2.45) is 0 Å². The number of rotatable bonds is 5. The van der Waals surface area contributed by atoms with Gasteiger partial charge in [0.2, 0.25) is 0 Å². The molecule has 0 unspecified atom stereocenters. The van der Waals surface area contributed by atoms with Crippen molar-refractivity contribution in [2.45, 2.75) is 6.16 Å². The van der Waals surface area contributed by atoms with Gasteiger partial charge >= 0.3 is 0 Å². The predicted molar refractivity (Wildman–Crippen MR) is 155 cm³/mol. The van der Waals surface area contributed by atoms with Crippen LogP contribution in [-0.4, -0.2) is 0 Å². The zero-order valence-corrected chi connectivity index (χ0v) is 20.9. The van der Waals surface area contributed by atoms with Crippen LogP contribution in [-0.2, 0) is 6.16 Å². The maximum Gasteiger partial charge on any atom is 0.116 e. The molecule has 0 saturated carbocycles. The molecular formula is C35H26P+. The number of hydrogen-bond acceptors (Lipinski definition) is 0. The quantitative estimate of drug-likeness (QED) is 0.198. The molecule has 0 aliphatic heterocycles. The van der Waals surface area contributed by atoms with Crippen molar-refractivity contribution in [1.29, 1.82) is 0 Å². The Bertz CT molecular complexity index is 1420. The third-order valence-corrected chi connectivity index (χ3v) is 10.6. The molecule has 0 atom stereocenters. The normalized spacial score (nSPS) is 10.4. The van der Waals surface area contributed by atoms with Gasteiger partial charge in [0.25, 0.3) is 0 Å². The molecule has 0 aliphatic carbocycles. The van der Waals surface area contributed by atoms with Crippen molar-refractivity contribution in [3.05, 3.63) is 162 Å². The SMILES string of the molecule is C(C#Cc1ccc(C[P+](c2ccccc2)(c2ccccc2)c2ccccc2)cc1)#Cc1ccccc1. The van der Waals surface area contributed by atoms with Crippen LogP contribution in [0.1, 0.15) is 16.7 Å². The summed E-state index contributed by atoms with van der Waals surface area (Å²) >= 11 is 0. The van der Waals surface area contributed by atoms with Crippen LogP contribution >= 0.6 is 7.26 Å². The first-order chi connectivity index (χ1) is 17.8. The van der Waals surface area contributed by atoms with Gasteiger partial charge in [-0.1, -0.05) is 96.8 Å². The summed E-state index contributed by atoms with van der Waals surface area (Å²) in [7, 11) is -1.91. The topological polar surface area (TPSA) is 0 Å². The van der Waals surface area contributed by atoms with E-state index in [1.807, 2.05) is 30.3 Å². The lowest BCUT2D eigenvalue weighted by atomic mass is 10.1. The van der Waals surface area contributed by atoms with Crippen molar-refractivity contribution in [3.63, 3.8) is 0 Å². The summed E-state index contributed by atoms with van der Waals surface area (Å²) in [6.45, 7) is 0. The fourth-order valence-corrected chi connectivity index (χ4v) is 8.71. The van der Waals surface area contributed by atoms with E-state index in [4.69, 9.17) is 0 Å². The summed E-state index contributed by atoms with van der Waals surface area (Å²) in [6, 6.07) is 51.6. The van der Waals surface area contributed by atoms with Crippen LogP contribution in [0.3, 0.4) is 0 Å². The van der Waals surface area contributed by atoms with E-state index in [2.05, 4.69) is 139 Å². The lowest BCUT2D eigenvalue weighted by Gasteiger charge is -2.27. The lowest BCUT2D eigenvalue weighted by molar-refractivity contribution is 1.38. The van der Waals surface area contributed by atoms with E-state index in [-0.39, 0.29) is 0 Å². The van der Waals surface area contributed by atoms with Gasteiger partial charge in [0.05, 0.1) is 6.16 Å². The van der Waals surface area contributed by atoms with Gasteiger partial charge in [0.15, 0.2) is 0 Å². The summed E-state index contributed by atoms with van der Waals surface area (Å²) in [5.74, 6) is 12.2. The molecule has 0 N–H and O–H groups in total. The molecule has 5 aromatic rings. The Morgan fingerprint density at radius 2 is 0.750 bits per heavy atom. The van der Waals surface area contributed by atoms with Gasteiger partial charge in [-0.25, -0.2) is 0 Å². The first kappa shape index (κ1) is 23.4. The highest BCUT2D eigenvalue weighted by Gasteiger charge is 2.45. The first-order valence-electron chi connectivity index (χ1n) is 12.1. The molecule has 0 bridgehead atoms. The largest absolute Gasteiger partial charge is 0.116 e. The van der Waals surface area contributed by atoms with Crippen LogP contribution < -0.4 is 15.9 Å². The molecule has 170 valence electrons. The molecule has 0 nitrogen and oxygen atoms in total. The van der Waals surface area contributed by atoms with Gasteiger partial charge in [-0.3, -0.25) is 0 Å². The molecule has 0 radical (unpaired) electrons. The Morgan fingerprint density at radius 3 is 1.17 bits per heavy atom. The van der Waals surface area contributed by atoms with E-state index >= 15 is 0 Å². The fraction of sp³-hybridized carbons (Fsp3) is 0.0286. The molecular weight excluding hydrogens is 451 g/mol. The van der Waals surface area contributed by atoms with E-state index in [0.717, 1.165) is 17.3 Å². The highest BCUT2D eigenvalue weighted by molar-refractivity contribution is 7.95. The zero-order chi connectivity index (χ0) is 24.5. The average Bonchev–Trinajstić information content (AvgIpc) is 2.97. The first-order valence-corrected chi connectivity index (χ1v) is 14.0. The average molecular weight is 478 g/mol. The van der Waals surface area contributed by atoms with Crippen molar-refractivity contribution < 1.29 is 0 Å². The number of hydrogen-bond donors (Lipinski definition) is 0. The summed E-state index contributed by atoms with van der Waals surface area (Å²) in [5.41, 5.74) is 3.26. The molecule has 1 heteroatoms. The molecule has 0 saturated heterocycles. The summed E-state index contributed by atoms with van der Waals surface area (Å²) in [6.07, 6.45) is 0.951. The van der Waals surface area contributed by atoms with E-state index in [0.29, 0.717) is 0 Å². The zero-order valence-electron chi connectivity index (χ0n) is 20.0. The molecule has 36 heavy (non-hydrogen) atoms. The molecule has 5 rings (SSSR count). The van der Waals surface area contributed by atoms with E-state index in [1.54, 1.807) is 0 Å². The second-order valence-corrected chi connectivity index (χ2v) is 12.0. The van der Waals surface area contributed by atoms with E-state index in [1.165, 1.54) is 21.5 Å². The maximum atomic E-state index is 3.19. The minimum atomic E-state index is -1.91. The summed E-state index contributed by atoms with van der Waals surface area (Å²) in [5, 5.41) is 4.17. The Labute approximate surface area is 215 Å². The summed E-state index contributed by atoms with van der Waals surface area (Å²) in [4.78, 5) is 0. The highest BCUT2D eigenvalue weighted by Crippen LogP contribution is 2.58. The fourth-order valence-electron chi connectivity index (χ4n) is 4.46. The Hall–Kier alpha value is -4.35. The van der Waals surface area contributed by atoms with Gasteiger partial charge in [-0.15, -0.1) is 0 Å². The minimum absolute atomic E-state index is 0.951. The van der Waals surface area contributed by atoms with Gasteiger partial charge < -0.3 is 0 Å². The third-order valence-electron chi connectivity index (χ3n) is 6.21. The van der Waals surface area contributed by atoms with Crippen LogP contribution in [0.5, 0.6) is 0 Å². The highest BCUT2D eigenvalue weighted by atomic mass is 31.2. The van der Waals surface area contributed by atoms with Crippen LogP contribution in [0, 0.1) is 23.7 Å². The molecule has 0 aromatic heterocycles. The van der Waals surface area contributed by atoms with Gasteiger partial charge in [0.1, 0.15) is 23.2 Å². The van der Waals surface area contributed by atoms with Gasteiger partial charge in [-0.2, -0.15) is 0 Å². The van der Waals surface area contributed by atoms with Gasteiger partial charge in [-0.05, 0) is 78.1 Å². The second-order valence-electron chi connectivity index (χ2n) is 8.54. The third kappa shape index (κ3) is 5.32. The Balaban J connectivity index is 1.50. The van der Waals surface area contributed by atoms with Gasteiger partial charge in [0, 0.05) is 11.1 Å². The molecule has 0 aliphatic rings. The smallest absolute Gasteiger partial charge is 0.0622 e. The monoisotopic (exact) mass is 477 g/mol. The van der Waals surface area contributed by atoms with Crippen molar-refractivity contribution in [2.75, 3.05) is 0 Å². The van der Waals surface area contributed by atoms with Crippen LogP contribution in [0.15, 0.2) is 146 Å². The molecule has 0 heterocycles. The lowest BCUT2D eigenvalue weighted by Crippen LogP contribution is -2.32. The Morgan fingerprint density at radius 1 is 0.389 bits per heavy atom.